The van der Waals surface area contributed by atoms with Crippen molar-refractivity contribution >= 4 is 6.47 Å². The molecule has 0 saturated carbocycles. The van der Waals surface area contributed by atoms with Gasteiger partial charge in [0.1, 0.15) is 6.61 Å². The summed E-state index contributed by atoms with van der Waals surface area (Å²) in [6.07, 6.45) is 0. The first-order chi connectivity index (χ1) is 6.40. The molecule has 4 heteroatoms. The van der Waals surface area contributed by atoms with E-state index in [0.717, 1.165) is 11.3 Å². The molecule has 0 unspecified atom stereocenters. The Balaban J connectivity index is 2.16. The highest BCUT2D eigenvalue weighted by Gasteiger charge is 2.12. The van der Waals surface area contributed by atoms with Gasteiger partial charge in [0.2, 0.25) is 6.79 Å². The van der Waals surface area contributed by atoms with Gasteiger partial charge in [-0.1, -0.05) is 6.07 Å². The summed E-state index contributed by atoms with van der Waals surface area (Å²) >= 11 is 0. The smallest absolute Gasteiger partial charge is 0.417 e. The molecule has 67 valence electrons. The van der Waals surface area contributed by atoms with Crippen LogP contribution in [0.25, 0.3) is 0 Å². The first kappa shape index (κ1) is 7.91. The Morgan fingerprint density at radius 3 is 3.08 bits per heavy atom. The lowest BCUT2D eigenvalue weighted by Gasteiger charge is -2.00. The molecule has 2 rings (SSSR count). The van der Waals surface area contributed by atoms with Crippen LogP contribution in [0.15, 0.2) is 18.2 Å². The van der Waals surface area contributed by atoms with Crippen LogP contribution in [0, 0.1) is 0 Å². The Morgan fingerprint density at radius 1 is 1.38 bits per heavy atom. The summed E-state index contributed by atoms with van der Waals surface area (Å²) in [5.74, 6) is 1.41. The Labute approximate surface area is 75.0 Å². The predicted octanol–water partition coefficient (Wildman–Crippen LogP) is 0.999. The van der Waals surface area contributed by atoms with E-state index in [-0.39, 0.29) is 13.4 Å². The van der Waals surface area contributed by atoms with Crippen LogP contribution in [0.3, 0.4) is 0 Å². The van der Waals surface area contributed by atoms with E-state index in [9.17, 15) is 4.79 Å². The zero-order valence-corrected chi connectivity index (χ0v) is 6.78. The molecule has 0 amide bonds. The number of ether oxygens (including phenoxy) is 3. The van der Waals surface area contributed by atoms with E-state index in [0.29, 0.717) is 5.75 Å². The van der Waals surface area contributed by atoms with Gasteiger partial charge in [-0.3, -0.25) is 0 Å². The van der Waals surface area contributed by atoms with Crippen molar-refractivity contribution in [1.82, 2.24) is 0 Å². The zero-order chi connectivity index (χ0) is 9.10. The minimum Gasteiger partial charge on any atom is -0.454 e. The summed E-state index contributed by atoms with van der Waals surface area (Å²) in [7, 11) is 0. The highest BCUT2D eigenvalue weighted by atomic mass is 16.7. The van der Waals surface area contributed by atoms with Crippen molar-refractivity contribution in [3.63, 3.8) is 0 Å². The minimum absolute atomic E-state index is 0.208. The van der Waals surface area contributed by atoms with E-state index in [2.05, 4.69) is 4.74 Å². The van der Waals surface area contributed by atoms with Crippen LogP contribution >= 0.6 is 0 Å². The molecular formula is C9H7O4. The van der Waals surface area contributed by atoms with Crippen molar-refractivity contribution in [2.45, 2.75) is 6.61 Å². The lowest BCUT2D eigenvalue weighted by molar-refractivity contribution is 0.174. The SMILES string of the molecule is O=[C]OCc1ccc2c(c1)OCO2. The van der Waals surface area contributed by atoms with Crippen LogP contribution in [0.1, 0.15) is 5.56 Å². The second-order valence-corrected chi connectivity index (χ2v) is 2.56. The number of rotatable bonds is 3. The highest BCUT2D eigenvalue weighted by molar-refractivity contribution is 5.45. The van der Waals surface area contributed by atoms with Gasteiger partial charge in [-0.15, -0.1) is 0 Å². The van der Waals surface area contributed by atoms with Gasteiger partial charge in [0.05, 0.1) is 0 Å². The van der Waals surface area contributed by atoms with Gasteiger partial charge in [-0.2, -0.15) is 0 Å². The van der Waals surface area contributed by atoms with E-state index in [4.69, 9.17) is 9.47 Å². The molecule has 1 aromatic carbocycles. The van der Waals surface area contributed by atoms with Crippen molar-refractivity contribution in [1.29, 1.82) is 0 Å². The van der Waals surface area contributed by atoms with E-state index >= 15 is 0 Å². The molecule has 13 heavy (non-hydrogen) atoms. The number of hydrogen-bond acceptors (Lipinski definition) is 4. The maximum atomic E-state index is 9.81. The zero-order valence-electron chi connectivity index (χ0n) is 6.78. The molecule has 4 nitrogen and oxygen atoms in total. The Hall–Kier alpha value is -1.71. The first-order valence-corrected chi connectivity index (χ1v) is 3.77. The lowest BCUT2D eigenvalue weighted by atomic mass is 10.2. The summed E-state index contributed by atoms with van der Waals surface area (Å²) in [5, 5.41) is 0. The molecule has 1 aliphatic rings. The fourth-order valence-corrected chi connectivity index (χ4v) is 1.14. The van der Waals surface area contributed by atoms with Gasteiger partial charge in [0, 0.05) is 0 Å². The number of fused-ring (bicyclic) bond motifs is 1. The number of benzene rings is 1. The fourth-order valence-electron chi connectivity index (χ4n) is 1.14. The number of carbonyl (C=O) groups excluding carboxylic acids is 1. The van der Waals surface area contributed by atoms with Crippen LogP contribution in [0.2, 0.25) is 0 Å². The summed E-state index contributed by atoms with van der Waals surface area (Å²) in [6.45, 7) is 1.82. The maximum Gasteiger partial charge on any atom is 0.417 e. The van der Waals surface area contributed by atoms with E-state index in [1.165, 1.54) is 6.47 Å². The molecule has 1 aromatic rings. The molecule has 1 heterocycles. The van der Waals surface area contributed by atoms with Gasteiger partial charge in [-0.25, -0.2) is 4.79 Å². The minimum atomic E-state index is 0.208. The molecular weight excluding hydrogens is 172 g/mol. The second kappa shape index (κ2) is 3.35. The largest absolute Gasteiger partial charge is 0.454 e. The second-order valence-electron chi connectivity index (χ2n) is 2.56. The fraction of sp³-hybridized carbons (Fsp3) is 0.222. The third-order valence-corrected chi connectivity index (χ3v) is 1.73. The molecule has 1 aliphatic heterocycles. The number of hydrogen-bond donors (Lipinski definition) is 0. The molecule has 0 aromatic heterocycles. The molecule has 0 saturated heterocycles. The third kappa shape index (κ3) is 1.56. The monoisotopic (exact) mass is 179 g/mol. The van der Waals surface area contributed by atoms with Gasteiger partial charge in [0.15, 0.2) is 11.5 Å². The lowest BCUT2D eigenvalue weighted by Crippen LogP contribution is -1.93. The molecule has 0 N–H and O–H groups in total. The Morgan fingerprint density at radius 2 is 2.23 bits per heavy atom. The molecule has 1 radical (unpaired) electrons. The summed E-state index contributed by atoms with van der Waals surface area (Å²) in [4.78, 5) is 9.81. The summed E-state index contributed by atoms with van der Waals surface area (Å²) in [5.41, 5.74) is 0.854. The quantitative estimate of drug-likeness (QED) is 0.694. The van der Waals surface area contributed by atoms with E-state index in [1.54, 1.807) is 12.1 Å². The van der Waals surface area contributed by atoms with Gasteiger partial charge >= 0.3 is 6.47 Å². The average Bonchev–Trinajstić information content (AvgIpc) is 2.61. The normalized spacial score (nSPS) is 12.6. The Kier molecular flexibility index (Phi) is 2.04. The molecule has 0 atom stereocenters. The Bertz CT molecular complexity index is 321. The predicted molar refractivity (Wildman–Crippen MR) is 43.0 cm³/mol. The van der Waals surface area contributed by atoms with Crippen LogP contribution in [-0.4, -0.2) is 13.3 Å². The van der Waals surface area contributed by atoms with E-state index in [1.807, 2.05) is 6.07 Å². The third-order valence-electron chi connectivity index (χ3n) is 1.73. The standard InChI is InChI=1S/C9H7O4/c10-5-11-4-7-1-2-8-9(3-7)13-6-12-8/h1-3H,4,6H2. The summed E-state index contributed by atoms with van der Waals surface area (Å²) < 4.78 is 14.7. The van der Waals surface area contributed by atoms with Crippen molar-refractivity contribution in [3.8, 4) is 11.5 Å². The molecule has 0 fully saturated rings. The van der Waals surface area contributed by atoms with Crippen molar-refractivity contribution < 1.29 is 19.0 Å². The molecule has 0 spiro atoms. The van der Waals surface area contributed by atoms with Crippen molar-refractivity contribution in [3.05, 3.63) is 23.8 Å². The van der Waals surface area contributed by atoms with Crippen LogP contribution in [0.4, 0.5) is 0 Å². The van der Waals surface area contributed by atoms with Crippen LogP contribution in [-0.2, 0) is 16.1 Å². The van der Waals surface area contributed by atoms with Crippen molar-refractivity contribution in [2.75, 3.05) is 6.79 Å². The van der Waals surface area contributed by atoms with Crippen LogP contribution in [0.5, 0.6) is 11.5 Å². The van der Waals surface area contributed by atoms with E-state index < -0.39 is 0 Å². The molecule has 0 bridgehead atoms. The highest BCUT2D eigenvalue weighted by Crippen LogP contribution is 2.32. The maximum absolute atomic E-state index is 9.81. The van der Waals surface area contributed by atoms with Gasteiger partial charge in [-0.05, 0) is 17.7 Å². The van der Waals surface area contributed by atoms with Crippen LogP contribution < -0.4 is 9.47 Å². The van der Waals surface area contributed by atoms with Crippen molar-refractivity contribution in [2.24, 2.45) is 0 Å². The average molecular weight is 179 g/mol. The first-order valence-electron chi connectivity index (χ1n) is 3.77. The molecule has 0 aliphatic carbocycles. The van der Waals surface area contributed by atoms with Gasteiger partial charge < -0.3 is 14.2 Å². The van der Waals surface area contributed by atoms with Gasteiger partial charge in [0.25, 0.3) is 0 Å². The topological polar surface area (TPSA) is 44.8 Å². The summed E-state index contributed by atoms with van der Waals surface area (Å²) in [6, 6.07) is 5.37.